The van der Waals surface area contributed by atoms with Gasteiger partial charge in [0.25, 0.3) is 5.91 Å². The van der Waals surface area contributed by atoms with Crippen LogP contribution < -0.4 is 11.1 Å². The minimum Gasteiger partial charge on any atom is -0.350 e. The van der Waals surface area contributed by atoms with Gasteiger partial charge in [-0.3, -0.25) is 9.78 Å². The lowest BCUT2D eigenvalue weighted by molar-refractivity contribution is 0.0947. The summed E-state index contributed by atoms with van der Waals surface area (Å²) in [7, 11) is 0. The molecule has 0 unspecified atom stereocenters. The van der Waals surface area contributed by atoms with Crippen molar-refractivity contribution in [3.05, 3.63) is 41.3 Å². The second-order valence-electron chi connectivity index (χ2n) is 6.70. The zero-order valence-corrected chi connectivity index (χ0v) is 12.8. The number of nitrogens with two attached hydrogens (primary N) is 1. The van der Waals surface area contributed by atoms with Crippen molar-refractivity contribution in [1.29, 1.82) is 0 Å². The summed E-state index contributed by atoms with van der Waals surface area (Å²) < 4.78 is 13.5. The zero-order valence-electron chi connectivity index (χ0n) is 12.8. The minimum absolute atomic E-state index is 0.238. The predicted molar refractivity (Wildman–Crippen MR) is 84.3 cm³/mol. The summed E-state index contributed by atoms with van der Waals surface area (Å²) in [5.41, 5.74) is 7.44. The number of carbonyl (C=O) groups is 1. The van der Waals surface area contributed by atoms with Gasteiger partial charge in [-0.15, -0.1) is 0 Å². The van der Waals surface area contributed by atoms with E-state index in [1.165, 1.54) is 12.1 Å². The molecule has 22 heavy (non-hydrogen) atoms. The Morgan fingerprint density at radius 1 is 1.41 bits per heavy atom. The van der Waals surface area contributed by atoms with E-state index in [-0.39, 0.29) is 11.7 Å². The number of hydrogen-bond donors (Lipinski definition) is 2. The fraction of sp³-hybridized carbons (Fsp3) is 0.412. The first-order chi connectivity index (χ1) is 10.3. The van der Waals surface area contributed by atoms with Crippen molar-refractivity contribution >= 4 is 16.8 Å². The summed E-state index contributed by atoms with van der Waals surface area (Å²) in [6.07, 6.45) is 2.19. The van der Waals surface area contributed by atoms with E-state index >= 15 is 0 Å². The number of pyridine rings is 1. The maximum atomic E-state index is 13.5. The molecule has 1 saturated carbocycles. The van der Waals surface area contributed by atoms with E-state index in [4.69, 9.17) is 5.73 Å². The molecule has 0 bridgehead atoms. The molecule has 3 rings (SSSR count). The highest BCUT2D eigenvalue weighted by molar-refractivity contribution is 6.06. The Balaban J connectivity index is 2.01. The van der Waals surface area contributed by atoms with E-state index in [9.17, 15) is 9.18 Å². The molecule has 1 aromatic heterocycles. The van der Waals surface area contributed by atoms with Crippen molar-refractivity contribution in [2.24, 2.45) is 5.73 Å². The van der Waals surface area contributed by atoms with Gasteiger partial charge in [0.05, 0.1) is 11.1 Å². The van der Waals surface area contributed by atoms with Crippen LogP contribution in [0, 0.1) is 5.82 Å². The molecule has 0 atom stereocenters. The van der Waals surface area contributed by atoms with E-state index in [2.05, 4.69) is 10.3 Å². The number of nitrogens with one attached hydrogen (secondary N) is 1. The van der Waals surface area contributed by atoms with Crippen LogP contribution in [0.1, 0.15) is 48.7 Å². The van der Waals surface area contributed by atoms with Gasteiger partial charge < -0.3 is 11.1 Å². The summed E-state index contributed by atoms with van der Waals surface area (Å²) in [5.74, 6) is -0.188. The molecule has 0 aliphatic heterocycles. The largest absolute Gasteiger partial charge is 0.350 e. The number of rotatable bonds is 4. The normalized spacial score (nSPS) is 15.1. The lowest BCUT2D eigenvalue weighted by Gasteiger charge is -2.19. The number of nitrogens with zero attached hydrogens (tertiary/aromatic N) is 1. The average Bonchev–Trinajstić information content (AvgIpc) is 3.27. The van der Waals surface area contributed by atoms with Gasteiger partial charge in [0, 0.05) is 29.1 Å². The topological polar surface area (TPSA) is 68.0 Å². The summed E-state index contributed by atoms with van der Waals surface area (Å²) in [6.45, 7) is 4.03. The second kappa shape index (κ2) is 5.32. The molecule has 3 N–H and O–H groups in total. The SMILES string of the molecule is CC(C)(N)CNC(=O)c1cc(C2CC2)nc2ccc(F)cc12. The number of hydrogen-bond acceptors (Lipinski definition) is 3. The molecule has 1 aliphatic rings. The molecule has 2 aromatic rings. The molecule has 1 aliphatic carbocycles. The maximum Gasteiger partial charge on any atom is 0.252 e. The molecular formula is C17H20FN3O. The Kier molecular flexibility index (Phi) is 3.60. The number of carbonyl (C=O) groups excluding carboxylic acids is 1. The van der Waals surface area contributed by atoms with Gasteiger partial charge in [0.15, 0.2) is 0 Å². The molecule has 0 spiro atoms. The van der Waals surface area contributed by atoms with Crippen molar-refractivity contribution in [2.75, 3.05) is 6.54 Å². The van der Waals surface area contributed by atoms with Gasteiger partial charge in [0.2, 0.25) is 0 Å². The first-order valence-electron chi connectivity index (χ1n) is 7.51. The Hall–Kier alpha value is -2.01. The van der Waals surface area contributed by atoms with Crippen molar-refractivity contribution in [3.8, 4) is 0 Å². The van der Waals surface area contributed by atoms with Crippen LogP contribution in [-0.2, 0) is 0 Å². The molecule has 116 valence electrons. The van der Waals surface area contributed by atoms with Crippen LogP contribution in [0.15, 0.2) is 24.3 Å². The zero-order chi connectivity index (χ0) is 15.9. The Labute approximate surface area is 128 Å². The van der Waals surface area contributed by atoms with Gasteiger partial charge in [0.1, 0.15) is 5.82 Å². The van der Waals surface area contributed by atoms with E-state index < -0.39 is 5.54 Å². The van der Waals surface area contributed by atoms with E-state index in [0.717, 1.165) is 18.5 Å². The maximum absolute atomic E-state index is 13.5. The van der Waals surface area contributed by atoms with Crippen LogP contribution in [0.5, 0.6) is 0 Å². The van der Waals surface area contributed by atoms with Crippen molar-refractivity contribution in [3.63, 3.8) is 0 Å². The van der Waals surface area contributed by atoms with Crippen LogP contribution in [-0.4, -0.2) is 23.0 Å². The quantitative estimate of drug-likeness (QED) is 0.912. The van der Waals surface area contributed by atoms with Crippen LogP contribution in [0.4, 0.5) is 4.39 Å². The third-order valence-electron chi connectivity index (χ3n) is 3.74. The number of benzene rings is 1. The molecule has 1 heterocycles. The smallest absolute Gasteiger partial charge is 0.252 e. The van der Waals surface area contributed by atoms with E-state index in [1.807, 2.05) is 13.8 Å². The third-order valence-corrected chi connectivity index (χ3v) is 3.74. The van der Waals surface area contributed by atoms with Gasteiger partial charge in [-0.25, -0.2) is 4.39 Å². The molecule has 0 saturated heterocycles. The molecule has 1 fully saturated rings. The van der Waals surface area contributed by atoms with Gasteiger partial charge in [-0.1, -0.05) is 0 Å². The predicted octanol–water partition coefficient (Wildman–Crippen LogP) is 2.72. The number of halogens is 1. The summed E-state index contributed by atoms with van der Waals surface area (Å²) in [4.78, 5) is 17.1. The number of fused-ring (bicyclic) bond motifs is 1. The lowest BCUT2D eigenvalue weighted by atomic mass is 10.0. The number of aromatic nitrogens is 1. The highest BCUT2D eigenvalue weighted by Crippen LogP contribution is 2.40. The Morgan fingerprint density at radius 3 is 2.77 bits per heavy atom. The van der Waals surface area contributed by atoms with Crippen molar-refractivity contribution in [2.45, 2.75) is 38.1 Å². The standard InChI is InChI=1S/C17H20FN3O/c1-17(2,19)9-20-16(22)13-8-15(10-3-4-10)21-14-6-5-11(18)7-12(13)14/h5-8,10H,3-4,9,19H2,1-2H3,(H,20,22). The summed E-state index contributed by atoms with van der Waals surface area (Å²) in [6, 6.07) is 6.15. The van der Waals surface area contributed by atoms with Gasteiger partial charge >= 0.3 is 0 Å². The first-order valence-corrected chi connectivity index (χ1v) is 7.51. The molecule has 1 amide bonds. The van der Waals surface area contributed by atoms with Crippen molar-refractivity contribution < 1.29 is 9.18 Å². The Bertz CT molecular complexity index is 732. The Morgan fingerprint density at radius 2 is 2.14 bits per heavy atom. The van der Waals surface area contributed by atoms with Gasteiger partial charge in [-0.05, 0) is 51.0 Å². The second-order valence-corrected chi connectivity index (χ2v) is 6.70. The molecule has 5 heteroatoms. The third kappa shape index (κ3) is 3.25. The number of amides is 1. The molecular weight excluding hydrogens is 281 g/mol. The monoisotopic (exact) mass is 301 g/mol. The van der Waals surface area contributed by atoms with Crippen LogP contribution in [0.25, 0.3) is 10.9 Å². The van der Waals surface area contributed by atoms with Gasteiger partial charge in [-0.2, -0.15) is 0 Å². The van der Waals surface area contributed by atoms with E-state index in [1.54, 1.807) is 12.1 Å². The first kappa shape index (κ1) is 14.9. The fourth-order valence-electron chi connectivity index (χ4n) is 2.40. The van der Waals surface area contributed by atoms with Crippen LogP contribution >= 0.6 is 0 Å². The average molecular weight is 301 g/mol. The highest BCUT2D eigenvalue weighted by Gasteiger charge is 2.27. The van der Waals surface area contributed by atoms with Crippen molar-refractivity contribution in [1.82, 2.24) is 10.3 Å². The minimum atomic E-state index is -0.497. The fourth-order valence-corrected chi connectivity index (χ4v) is 2.40. The summed E-state index contributed by atoms with van der Waals surface area (Å²) >= 11 is 0. The summed E-state index contributed by atoms with van der Waals surface area (Å²) in [5, 5.41) is 3.36. The van der Waals surface area contributed by atoms with Crippen LogP contribution in [0.3, 0.4) is 0 Å². The molecule has 4 nitrogen and oxygen atoms in total. The highest BCUT2D eigenvalue weighted by atomic mass is 19.1. The molecule has 1 aromatic carbocycles. The lowest BCUT2D eigenvalue weighted by Crippen LogP contribution is -2.45. The molecule has 0 radical (unpaired) electrons. The van der Waals surface area contributed by atoms with Crippen LogP contribution in [0.2, 0.25) is 0 Å². The van der Waals surface area contributed by atoms with E-state index in [0.29, 0.717) is 28.9 Å².